The molecule has 2 rings (SSSR count). The van der Waals surface area contributed by atoms with Gasteiger partial charge in [-0.1, -0.05) is 20.8 Å². The summed E-state index contributed by atoms with van der Waals surface area (Å²) in [6, 6.07) is -0.415. The lowest BCUT2D eigenvalue weighted by molar-refractivity contribution is -0.143. The van der Waals surface area contributed by atoms with Crippen LogP contribution in [0.2, 0.25) is 0 Å². The van der Waals surface area contributed by atoms with Crippen LogP contribution in [0, 0.1) is 0 Å². The molecule has 1 atom stereocenters. The summed E-state index contributed by atoms with van der Waals surface area (Å²) in [6.45, 7) is 11.9. The van der Waals surface area contributed by atoms with E-state index >= 15 is 0 Å². The molecule has 21 heavy (non-hydrogen) atoms. The highest BCUT2D eigenvalue weighted by molar-refractivity contribution is 5.72. The molecule has 0 spiro atoms. The average Bonchev–Trinajstić information content (AvgIpc) is 2.87. The van der Waals surface area contributed by atoms with E-state index in [0.717, 1.165) is 37.8 Å². The van der Waals surface area contributed by atoms with Gasteiger partial charge in [0.2, 0.25) is 5.89 Å². The van der Waals surface area contributed by atoms with Gasteiger partial charge in [-0.3, -0.25) is 14.6 Å². The molecule has 1 aliphatic rings. The minimum Gasteiger partial charge on any atom is -0.480 e. The fraction of sp³-hybridized carbons (Fsp3) is 0.733. The first-order valence-corrected chi connectivity index (χ1v) is 7.42. The van der Waals surface area contributed by atoms with E-state index in [1.165, 1.54) is 0 Å². The molecule has 1 saturated heterocycles. The number of carbonyl (C=O) groups is 1. The highest BCUT2D eigenvalue weighted by Gasteiger charge is 2.26. The van der Waals surface area contributed by atoms with Gasteiger partial charge in [0, 0.05) is 31.6 Å². The lowest BCUT2D eigenvalue weighted by Gasteiger charge is -2.35. The van der Waals surface area contributed by atoms with E-state index in [4.69, 9.17) is 9.52 Å². The number of rotatable bonds is 4. The molecule has 1 fully saturated rings. The number of carboxylic acids is 1. The van der Waals surface area contributed by atoms with Gasteiger partial charge in [0.15, 0.2) is 0 Å². The Balaban J connectivity index is 1.86. The number of piperazine rings is 1. The van der Waals surface area contributed by atoms with Crippen LogP contribution < -0.4 is 0 Å². The van der Waals surface area contributed by atoms with Crippen molar-refractivity contribution in [3.63, 3.8) is 0 Å². The first kappa shape index (κ1) is 16.0. The van der Waals surface area contributed by atoms with Gasteiger partial charge < -0.3 is 9.52 Å². The third-order valence-electron chi connectivity index (χ3n) is 3.96. The van der Waals surface area contributed by atoms with Gasteiger partial charge >= 0.3 is 5.97 Å². The molecule has 1 aromatic heterocycles. The maximum atomic E-state index is 11.0. The fourth-order valence-corrected chi connectivity index (χ4v) is 2.39. The number of hydrogen-bond acceptors (Lipinski definition) is 5. The lowest BCUT2D eigenvalue weighted by Crippen LogP contribution is -2.51. The monoisotopic (exact) mass is 295 g/mol. The highest BCUT2D eigenvalue weighted by Crippen LogP contribution is 2.23. The summed E-state index contributed by atoms with van der Waals surface area (Å²) >= 11 is 0. The van der Waals surface area contributed by atoms with E-state index in [-0.39, 0.29) is 5.41 Å². The van der Waals surface area contributed by atoms with E-state index in [1.54, 1.807) is 13.1 Å². The predicted molar refractivity (Wildman–Crippen MR) is 79.2 cm³/mol. The summed E-state index contributed by atoms with van der Waals surface area (Å²) in [6.07, 6.45) is 1.80. The second-order valence-corrected chi connectivity index (χ2v) is 6.69. The number of nitrogens with zero attached hydrogens (tertiary/aromatic N) is 3. The van der Waals surface area contributed by atoms with Crippen molar-refractivity contribution >= 4 is 5.97 Å². The van der Waals surface area contributed by atoms with Gasteiger partial charge in [-0.15, -0.1) is 0 Å². The van der Waals surface area contributed by atoms with Gasteiger partial charge in [-0.05, 0) is 6.92 Å². The Morgan fingerprint density at radius 1 is 1.38 bits per heavy atom. The molecule has 1 unspecified atom stereocenters. The maximum absolute atomic E-state index is 11.0. The first-order chi connectivity index (χ1) is 9.77. The van der Waals surface area contributed by atoms with Crippen molar-refractivity contribution in [2.24, 2.45) is 0 Å². The van der Waals surface area contributed by atoms with Crippen LogP contribution in [0.25, 0.3) is 0 Å². The van der Waals surface area contributed by atoms with Crippen molar-refractivity contribution in [1.29, 1.82) is 0 Å². The van der Waals surface area contributed by atoms with E-state index in [9.17, 15) is 4.79 Å². The summed E-state index contributed by atoms with van der Waals surface area (Å²) in [5, 5.41) is 9.03. The Labute approximate surface area is 125 Å². The third kappa shape index (κ3) is 4.04. The topological polar surface area (TPSA) is 69.8 Å². The Hall–Kier alpha value is -1.40. The predicted octanol–water partition coefficient (Wildman–Crippen LogP) is 1.56. The van der Waals surface area contributed by atoms with Crippen LogP contribution >= 0.6 is 0 Å². The van der Waals surface area contributed by atoms with E-state index < -0.39 is 12.0 Å². The number of aromatic nitrogens is 1. The van der Waals surface area contributed by atoms with Crippen LogP contribution in [0.5, 0.6) is 0 Å². The summed E-state index contributed by atoms with van der Waals surface area (Å²) in [5.41, 5.74) is -0.0269. The Morgan fingerprint density at radius 2 is 2.00 bits per heavy atom. The molecule has 0 aromatic carbocycles. The molecule has 1 N–H and O–H groups in total. The summed E-state index contributed by atoms with van der Waals surface area (Å²) in [7, 11) is 0. The molecule has 0 aliphatic carbocycles. The first-order valence-electron chi connectivity index (χ1n) is 7.42. The van der Waals surface area contributed by atoms with Crippen LogP contribution in [0.4, 0.5) is 0 Å². The summed E-state index contributed by atoms with van der Waals surface area (Å²) in [4.78, 5) is 19.6. The largest absolute Gasteiger partial charge is 0.480 e. The molecular weight excluding hydrogens is 270 g/mol. The zero-order chi connectivity index (χ0) is 15.6. The summed E-state index contributed by atoms with van der Waals surface area (Å²) < 4.78 is 5.80. The van der Waals surface area contributed by atoms with Gasteiger partial charge in [-0.25, -0.2) is 4.98 Å². The number of oxazole rings is 1. The number of hydrogen-bond donors (Lipinski definition) is 1. The van der Waals surface area contributed by atoms with Gasteiger partial charge in [0.05, 0.1) is 12.7 Å². The van der Waals surface area contributed by atoms with Crippen LogP contribution in [0.1, 0.15) is 39.3 Å². The summed E-state index contributed by atoms with van der Waals surface area (Å²) in [5.74, 6) is 0.876. The molecule has 0 bridgehead atoms. The van der Waals surface area contributed by atoms with E-state index in [2.05, 4.69) is 30.7 Å². The molecule has 6 nitrogen and oxygen atoms in total. The van der Waals surface area contributed by atoms with Gasteiger partial charge in [-0.2, -0.15) is 0 Å². The van der Waals surface area contributed by atoms with Crippen LogP contribution in [0.15, 0.2) is 10.6 Å². The van der Waals surface area contributed by atoms with Gasteiger partial charge in [0.25, 0.3) is 0 Å². The zero-order valence-electron chi connectivity index (χ0n) is 13.3. The second-order valence-electron chi connectivity index (χ2n) is 6.69. The zero-order valence-corrected chi connectivity index (χ0v) is 13.3. The van der Waals surface area contributed by atoms with Gasteiger partial charge in [0.1, 0.15) is 11.8 Å². The third-order valence-corrected chi connectivity index (χ3v) is 3.96. The molecule has 6 heteroatoms. The Bertz CT molecular complexity index is 485. The minimum absolute atomic E-state index is 0.0269. The number of aliphatic carboxylic acids is 1. The fourth-order valence-electron chi connectivity index (χ4n) is 2.39. The van der Waals surface area contributed by atoms with Crippen molar-refractivity contribution in [3.05, 3.63) is 17.8 Å². The Morgan fingerprint density at radius 3 is 2.48 bits per heavy atom. The molecular formula is C15H25N3O3. The molecule has 2 heterocycles. The highest BCUT2D eigenvalue weighted by atomic mass is 16.4. The van der Waals surface area contributed by atoms with Crippen LogP contribution in [-0.2, 0) is 16.8 Å². The van der Waals surface area contributed by atoms with E-state index in [0.29, 0.717) is 6.54 Å². The van der Waals surface area contributed by atoms with Crippen molar-refractivity contribution in [1.82, 2.24) is 14.8 Å². The molecule has 118 valence electrons. The van der Waals surface area contributed by atoms with Crippen molar-refractivity contribution in [3.8, 4) is 0 Å². The Kier molecular flexibility index (Phi) is 4.68. The quantitative estimate of drug-likeness (QED) is 0.909. The van der Waals surface area contributed by atoms with Crippen molar-refractivity contribution in [2.45, 2.75) is 45.7 Å². The van der Waals surface area contributed by atoms with E-state index in [1.807, 2.05) is 4.90 Å². The molecule has 1 aliphatic heterocycles. The smallest absolute Gasteiger partial charge is 0.320 e. The van der Waals surface area contributed by atoms with Crippen LogP contribution in [-0.4, -0.2) is 58.1 Å². The average molecular weight is 295 g/mol. The lowest BCUT2D eigenvalue weighted by atomic mass is 9.94. The molecule has 0 amide bonds. The maximum Gasteiger partial charge on any atom is 0.320 e. The van der Waals surface area contributed by atoms with Crippen molar-refractivity contribution < 1.29 is 14.3 Å². The second kappa shape index (κ2) is 6.15. The molecule has 1 aromatic rings. The molecule has 0 saturated carbocycles. The van der Waals surface area contributed by atoms with Crippen molar-refractivity contribution in [2.75, 3.05) is 26.2 Å². The minimum atomic E-state index is -0.758. The number of carboxylic acid groups (broad SMARTS) is 1. The SMILES string of the molecule is CC(C(=O)O)N1CCN(Cc2ncc(C(C)(C)C)o2)CC1. The standard InChI is InChI=1S/C15H25N3O3/c1-11(14(19)20)18-7-5-17(6-8-18)10-13-16-9-12(21-13)15(2,3)4/h9,11H,5-8,10H2,1-4H3,(H,19,20). The van der Waals surface area contributed by atoms with Crippen LogP contribution in [0.3, 0.4) is 0 Å². The molecule has 0 radical (unpaired) electrons. The normalized spacial score (nSPS) is 19.6.